The third-order valence-electron chi connectivity index (χ3n) is 9.43. The minimum absolute atomic E-state index is 0.0699. The summed E-state index contributed by atoms with van der Waals surface area (Å²) in [7, 11) is 0. The fourth-order valence-electron chi connectivity index (χ4n) is 7.33. The molecule has 1 aliphatic carbocycles. The normalized spacial score (nSPS) is 40.8. The summed E-state index contributed by atoms with van der Waals surface area (Å²) in [5, 5.41) is 24.0. The van der Waals surface area contributed by atoms with E-state index in [1.165, 1.54) is 6.08 Å². The van der Waals surface area contributed by atoms with Crippen LogP contribution in [0.4, 0.5) is 0 Å². The van der Waals surface area contributed by atoms with E-state index < -0.39 is 0 Å². The van der Waals surface area contributed by atoms with E-state index in [4.69, 9.17) is 4.74 Å². The van der Waals surface area contributed by atoms with E-state index in [9.17, 15) is 4.79 Å². The van der Waals surface area contributed by atoms with Crippen molar-refractivity contribution in [3.05, 3.63) is 36.8 Å². The van der Waals surface area contributed by atoms with Gasteiger partial charge >= 0.3 is 0 Å². The summed E-state index contributed by atoms with van der Waals surface area (Å²) in [5.74, 6) is 1.39. The van der Waals surface area contributed by atoms with Gasteiger partial charge in [0.05, 0.1) is 25.0 Å². The average Bonchev–Trinajstić information content (AvgIpc) is 3.43. The summed E-state index contributed by atoms with van der Waals surface area (Å²) in [6.07, 6.45) is 16.4. The number of fused-ring (bicyclic) bond motifs is 2. The Kier molecular flexibility index (Phi) is 8.55. The highest BCUT2D eigenvalue weighted by Crippen LogP contribution is 2.31. The van der Waals surface area contributed by atoms with Crippen molar-refractivity contribution in [2.45, 2.75) is 101 Å². The molecule has 0 aromatic heterocycles. The van der Waals surface area contributed by atoms with Gasteiger partial charge in [-0.2, -0.15) is 0 Å². The fourth-order valence-corrected chi connectivity index (χ4v) is 7.33. The van der Waals surface area contributed by atoms with E-state index in [2.05, 4.69) is 79.1 Å². The first-order valence-electron chi connectivity index (χ1n) is 15.0. The summed E-state index contributed by atoms with van der Waals surface area (Å²) in [4.78, 5) is 14.4. The van der Waals surface area contributed by atoms with Gasteiger partial charge in [-0.3, -0.25) is 41.3 Å². The summed E-state index contributed by atoms with van der Waals surface area (Å²) >= 11 is 0. The van der Waals surface area contributed by atoms with Crippen LogP contribution in [0.3, 0.4) is 0 Å². The van der Waals surface area contributed by atoms with Gasteiger partial charge < -0.3 is 10.1 Å². The highest BCUT2D eigenvalue weighted by atomic mass is 16.5. The second-order valence-electron chi connectivity index (χ2n) is 12.1. The Morgan fingerprint density at radius 1 is 1.13 bits per heavy atom. The smallest absolute Gasteiger partial charge is 0.243 e. The predicted octanol–water partition coefficient (Wildman–Crippen LogP) is -0.0559. The molecule has 11 nitrogen and oxygen atoms in total. The molecular weight excluding hydrogens is 494 g/mol. The highest BCUT2D eigenvalue weighted by Gasteiger charge is 2.41. The minimum atomic E-state index is -0.0699. The molecule has 0 radical (unpaired) electrons. The van der Waals surface area contributed by atoms with Gasteiger partial charge in [-0.25, -0.2) is 5.43 Å². The molecule has 4 saturated heterocycles. The Morgan fingerprint density at radius 2 is 2.05 bits per heavy atom. The van der Waals surface area contributed by atoms with E-state index in [-0.39, 0.29) is 30.4 Å². The lowest BCUT2D eigenvalue weighted by Gasteiger charge is -2.50. The number of nitrogens with one attached hydrogen (secondary N) is 7. The number of rotatable bonds is 7. The molecule has 5 fully saturated rings. The van der Waals surface area contributed by atoms with Gasteiger partial charge in [0.2, 0.25) is 5.91 Å². The van der Waals surface area contributed by atoms with Crippen molar-refractivity contribution in [1.29, 1.82) is 0 Å². The lowest BCUT2D eigenvalue weighted by molar-refractivity contribution is -0.117. The molecule has 6 rings (SSSR count). The Hall–Kier alpha value is -1.99. The van der Waals surface area contributed by atoms with Crippen molar-refractivity contribution in [2.24, 2.45) is 5.92 Å². The topological polar surface area (TPSA) is 117 Å². The largest absolute Gasteiger partial charge is 0.490 e. The van der Waals surface area contributed by atoms with Crippen LogP contribution in [0, 0.1) is 5.92 Å². The molecule has 0 aromatic rings. The summed E-state index contributed by atoms with van der Waals surface area (Å²) in [6, 6.07) is 1.45. The van der Waals surface area contributed by atoms with Crippen molar-refractivity contribution in [3.8, 4) is 0 Å². The second kappa shape index (κ2) is 12.3. The number of hydrogen-bond acceptors (Lipinski definition) is 10. The number of allylic oxidation sites excluding steroid dienone is 1. The molecular formula is C28H47N9O2. The maximum absolute atomic E-state index is 11.9. The van der Waals surface area contributed by atoms with Crippen LogP contribution in [0.25, 0.3) is 0 Å². The molecule has 5 heterocycles. The van der Waals surface area contributed by atoms with Gasteiger partial charge in [0.15, 0.2) is 0 Å². The van der Waals surface area contributed by atoms with E-state index in [0.29, 0.717) is 30.2 Å². The minimum Gasteiger partial charge on any atom is -0.490 e. The Bertz CT molecular complexity index is 944. The van der Waals surface area contributed by atoms with Gasteiger partial charge in [-0.15, -0.1) is 0 Å². The van der Waals surface area contributed by atoms with Crippen molar-refractivity contribution >= 4 is 5.91 Å². The molecule has 1 saturated carbocycles. The van der Waals surface area contributed by atoms with E-state index in [1.807, 2.05) is 0 Å². The summed E-state index contributed by atoms with van der Waals surface area (Å²) < 4.78 is 6.47. The number of nitrogens with zero attached hydrogens (tertiary/aromatic N) is 2. The second-order valence-corrected chi connectivity index (χ2v) is 12.1. The van der Waals surface area contributed by atoms with Crippen LogP contribution in [0.15, 0.2) is 36.8 Å². The molecule has 11 heteroatoms. The molecule has 1 amide bonds. The molecule has 39 heavy (non-hydrogen) atoms. The van der Waals surface area contributed by atoms with Crippen molar-refractivity contribution < 1.29 is 9.53 Å². The van der Waals surface area contributed by atoms with Crippen molar-refractivity contribution in [3.63, 3.8) is 0 Å². The first kappa shape index (κ1) is 27.2. The molecule has 9 atom stereocenters. The van der Waals surface area contributed by atoms with Gasteiger partial charge in [-0.1, -0.05) is 13.5 Å². The third-order valence-corrected chi connectivity index (χ3v) is 9.43. The van der Waals surface area contributed by atoms with Crippen LogP contribution >= 0.6 is 0 Å². The van der Waals surface area contributed by atoms with Crippen molar-refractivity contribution in [1.82, 2.24) is 47.2 Å². The number of hydrogen-bond donors (Lipinski definition) is 7. The van der Waals surface area contributed by atoms with Crippen LogP contribution < -0.4 is 37.3 Å². The summed E-state index contributed by atoms with van der Waals surface area (Å²) in [5.41, 5.74) is 3.28. The molecule has 0 spiro atoms. The SMILES string of the molecule is C=CC(=O)NC1CCCN(C2CCC3NCNC(NC4CCC(OC5=CC6NCNN6C=C5)C(C)C4)C3N2)C1. The highest BCUT2D eigenvalue weighted by molar-refractivity contribution is 5.87. The lowest BCUT2D eigenvalue weighted by atomic mass is 9.83. The van der Waals surface area contributed by atoms with Crippen LogP contribution in [0.2, 0.25) is 0 Å². The Balaban J connectivity index is 1.01. The molecule has 9 unspecified atom stereocenters. The molecule has 0 aromatic carbocycles. The maximum atomic E-state index is 11.9. The predicted molar refractivity (Wildman–Crippen MR) is 150 cm³/mol. The standard InChI is InChI=1S/C28H47N9O2/c1-3-26(38)33-20-5-4-11-36(15-20)24-9-7-22-27(35-24)28(31-16-29-22)34-19-6-8-23(18(2)13-19)39-21-10-12-37-25(14-21)30-17-32-37/h3,10,12,14,18-20,22-25,27-32,34-35H,1,4-9,11,13,15-17H2,2H3,(H,33,38). The molecule has 5 aliphatic heterocycles. The number of amides is 1. The number of carbonyl (C=O) groups is 1. The van der Waals surface area contributed by atoms with Crippen LogP contribution in [-0.2, 0) is 9.53 Å². The van der Waals surface area contributed by atoms with Gasteiger partial charge in [0.1, 0.15) is 18.0 Å². The van der Waals surface area contributed by atoms with Gasteiger partial charge in [0, 0.05) is 37.5 Å². The zero-order valence-corrected chi connectivity index (χ0v) is 23.2. The van der Waals surface area contributed by atoms with E-state index >= 15 is 0 Å². The quantitative estimate of drug-likeness (QED) is 0.221. The lowest BCUT2D eigenvalue weighted by Crippen LogP contribution is -2.75. The van der Waals surface area contributed by atoms with Crippen molar-refractivity contribution in [2.75, 3.05) is 26.4 Å². The van der Waals surface area contributed by atoms with E-state index in [0.717, 1.165) is 77.1 Å². The number of ether oxygens (including phenoxy) is 1. The molecule has 0 bridgehead atoms. The number of piperidine rings is 2. The monoisotopic (exact) mass is 541 g/mol. The zero-order valence-electron chi connectivity index (χ0n) is 23.2. The van der Waals surface area contributed by atoms with Crippen LogP contribution in [-0.4, -0.2) is 91.0 Å². The average molecular weight is 542 g/mol. The first-order valence-corrected chi connectivity index (χ1v) is 15.0. The number of carbonyl (C=O) groups excluding carboxylic acids is 1. The first-order chi connectivity index (χ1) is 19.1. The Morgan fingerprint density at radius 3 is 2.92 bits per heavy atom. The summed E-state index contributed by atoms with van der Waals surface area (Å²) in [6.45, 7) is 9.52. The number of likely N-dealkylation sites (tertiary alicyclic amines) is 1. The zero-order chi connectivity index (χ0) is 26.8. The molecule has 6 aliphatic rings. The van der Waals surface area contributed by atoms with Gasteiger partial charge in [-0.05, 0) is 75.6 Å². The molecule has 7 N–H and O–H groups in total. The third kappa shape index (κ3) is 6.35. The van der Waals surface area contributed by atoms with Crippen LogP contribution in [0.5, 0.6) is 0 Å². The number of hydrazine groups is 1. The van der Waals surface area contributed by atoms with E-state index in [1.54, 1.807) is 0 Å². The van der Waals surface area contributed by atoms with Crippen LogP contribution in [0.1, 0.15) is 51.9 Å². The van der Waals surface area contributed by atoms with Gasteiger partial charge in [0.25, 0.3) is 0 Å². The Labute approximate surface area is 232 Å². The molecule has 216 valence electrons. The fraction of sp³-hybridized carbons (Fsp3) is 0.750. The maximum Gasteiger partial charge on any atom is 0.243 e.